The largest absolute Gasteiger partial charge is 0.494 e. The fourth-order valence-electron chi connectivity index (χ4n) is 15.0. The predicted molar refractivity (Wildman–Crippen MR) is 517 cm³/mol. The molecule has 0 heterocycles. The first-order valence-corrected chi connectivity index (χ1v) is 49.4. The van der Waals surface area contributed by atoms with Crippen LogP contribution >= 0.6 is 0 Å². The Balaban J connectivity index is 1.68. The van der Waals surface area contributed by atoms with Crippen molar-refractivity contribution in [2.24, 2.45) is 29.6 Å². The molecule has 24 N–H and O–H groups in total. The molecule has 2 aromatic rings. The molecule has 48 heteroatoms. The number of hydrogen-bond acceptors (Lipinski definition) is 34. The Kier molecular flexibility index (Phi) is 67.6. The highest BCUT2D eigenvalue weighted by Gasteiger charge is 2.35. The van der Waals surface area contributed by atoms with Gasteiger partial charge in [0.25, 0.3) is 0 Å². The summed E-state index contributed by atoms with van der Waals surface area (Å²) in [4.78, 5) is 279. The summed E-state index contributed by atoms with van der Waals surface area (Å²) in [5, 5.41) is 153. The van der Waals surface area contributed by atoms with Crippen LogP contribution in [0.4, 0.5) is 0 Å². The molecular formula is C98H149N11O37. The van der Waals surface area contributed by atoms with Crippen LogP contribution < -0.4 is 68.0 Å². The Bertz CT molecular complexity index is 4480. The van der Waals surface area contributed by atoms with Crippen LogP contribution in [0.25, 0.3) is 0 Å². The maximum Gasteiger partial charge on any atom is 0.335 e. The molecule has 146 heavy (non-hydrogen) atoms. The summed E-state index contributed by atoms with van der Waals surface area (Å²) in [7, 11) is 1.56. The third kappa shape index (κ3) is 55.8. The smallest absolute Gasteiger partial charge is 0.335 e. The summed E-state index contributed by atoms with van der Waals surface area (Å²) in [6.45, 7) is -8.93. The van der Waals surface area contributed by atoms with Crippen LogP contribution in [0.2, 0.25) is 0 Å². The molecule has 48 nitrogen and oxygen atoms in total. The lowest BCUT2D eigenvalue weighted by Gasteiger charge is -2.20. The van der Waals surface area contributed by atoms with Crippen molar-refractivity contribution in [3.05, 3.63) is 59.7 Å². The number of aromatic carboxylic acids is 2. The Morgan fingerprint density at radius 3 is 0.918 bits per heavy atom. The summed E-state index contributed by atoms with van der Waals surface area (Å²) in [6.07, 6.45) is 6.46. The van der Waals surface area contributed by atoms with Gasteiger partial charge in [-0.1, -0.05) is 70.6 Å². The van der Waals surface area contributed by atoms with Gasteiger partial charge in [0.15, 0.2) is 40.5 Å². The van der Waals surface area contributed by atoms with Crippen molar-refractivity contribution in [3.8, 4) is 11.5 Å². The molecule has 10 amide bonds. The van der Waals surface area contributed by atoms with Gasteiger partial charge >= 0.3 is 23.9 Å². The molecule has 0 bridgehead atoms. The molecule has 0 spiro atoms. The van der Waals surface area contributed by atoms with E-state index in [1.165, 1.54) is 24.3 Å². The molecular weight excluding hydrogens is 1920 g/mol. The van der Waals surface area contributed by atoms with Crippen LogP contribution in [-0.4, -0.2) is 344 Å². The second-order valence-electron chi connectivity index (χ2n) is 35.5. The zero-order valence-corrected chi connectivity index (χ0v) is 82.7. The first-order valence-electron chi connectivity index (χ1n) is 49.4. The number of ether oxygens (including phenoxy) is 2. The molecule has 0 saturated heterocycles. The average Bonchev–Trinajstić information content (AvgIpc) is 0.891. The van der Waals surface area contributed by atoms with Crippen LogP contribution in [0.15, 0.2) is 48.5 Å². The van der Waals surface area contributed by atoms with Gasteiger partial charge < -0.3 is 134 Å². The van der Waals surface area contributed by atoms with E-state index in [-0.39, 0.29) is 68.5 Å². The number of ketones is 8. The van der Waals surface area contributed by atoms with Crippen LogP contribution in [0.5, 0.6) is 11.5 Å². The summed E-state index contributed by atoms with van der Waals surface area (Å²) >= 11 is 0. The predicted octanol–water partition coefficient (Wildman–Crippen LogP) is -1.72. The van der Waals surface area contributed by atoms with Crippen LogP contribution in [0, 0.1) is 29.6 Å². The first kappa shape index (κ1) is 130. The highest BCUT2D eigenvalue weighted by molar-refractivity contribution is 5.99. The van der Waals surface area contributed by atoms with E-state index in [4.69, 9.17) is 19.7 Å². The topological polar surface area (TPSA) is 789 Å². The number of benzene rings is 2. The number of nitrogens with one attached hydrogen (secondary N) is 11. The minimum Gasteiger partial charge on any atom is -0.494 e. The number of carbonyl (C=O) groups is 22. The van der Waals surface area contributed by atoms with Crippen LogP contribution in [-0.2, 0) is 95.9 Å². The molecule has 2 aromatic carbocycles. The van der Waals surface area contributed by atoms with Gasteiger partial charge in [-0.15, -0.1) is 0 Å². The van der Waals surface area contributed by atoms with Crippen molar-refractivity contribution in [2.45, 2.75) is 273 Å². The van der Waals surface area contributed by atoms with Gasteiger partial charge in [-0.3, -0.25) is 86.3 Å². The third-order valence-corrected chi connectivity index (χ3v) is 24.0. The molecule has 0 aromatic heterocycles. The van der Waals surface area contributed by atoms with Gasteiger partial charge in [0, 0.05) is 102 Å². The number of likely N-dealkylation sites (N-methyl/N-ethyl adjacent to an activating group) is 1. The van der Waals surface area contributed by atoms with E-state index in [9.17, 15) is 162 Å². The molecule has 0 aliphatic rings. The number of Topliss-reactive ketones (excluding diaryl/α,β-unsaturated/α-hetero) is 8. The minimum atomic E-state index is -1.62. The molecule has 0 unspecified atom stereocenters. The molecule has 0 radical (unpaired) electrons. The fourth-order valence-corrected chi connectivity index (χ4v) is 15.0. The minimum absolute atomic E-state index is 0.0232. The van der Waals surface area contributed by atoms with E-state index in [1.54, 1.807) is 31.3 Å². The maximum absolute atomic E-state index is 13.3. The standard InChI is InChI=1S/C98H149N11O37/c1-99-72(21-15-17-43-101-86(128)41-37-81(123)76(57-115)109-94(136)65(53-111)47-69(120)51-103-92(134)67(55-113)49-83(125)78(59-117)107-90(132)39-34-74(98(143)144)105-88(130)23-13-9-5-3-7-11-19-45-146-71-31-26-63(27-32-71)96(139)140)79(121)35-28-61(84(126)60-118)20-14-16-42-100-85(127)40-36-80(122)75(56-114)108-93(135)64(52-110)46-68(119)50-102-91(133)66(54-112)48-82(124)77(58-116)106-89(131)38-33-73(97(141)142)104-87(129)22-12-8-4-2-6-10-18-44-145-70-29-24-62(25-30-70)95(137)138/h24-27,29-32,61,64-67,72-78,99,110-118H,2-23,28,33-60H2,1H3,(H,100,127)(H,101,128)(H,102,133)(H,103,134)(H,104,129)(H,105,130)(H,106,131)(H,107,132)(H,108,135)(H,109,136)(H,137,138)(H,139,140)(H,141,142)(H,143,144)/t61-,64+,65+,66+,67+,72+,73+,74+,75+,76+,77+,78+/m1/s1. The number of hydrogen-bond donors (Lipinski definition) is 24. The molecule has 0 saturated carbocycles. The molecule has 0 fully saturated rings. The lowest BCUT2D eigenvalue weighted by molar-refractivity contribution is -0.142. The highest BCUT2D eigenvalue weighted by Crippen LogP contribution is 2.22. The number of carbonyl (C=O) groups excluding carboxylic acids is 18. The zero-order chi connectivity index (χ0) is 109. The first-order chi connectivity index (χ1) is 69.7. The normalized spacial score (nSPS) is 13.6. The van der Waals surface area contributed by atoms with Crippen molar-refractivity contribution in [3.63, 3.8) is 0 Å². The van der Waals surface area contributed by atoms with Crippen molar-refractivity contribution in [1.29, 1.82) is 0 Å². The van der Waals surface area contributed by atoms with Gasteiger partial charge in [-0.25, -0.2) is 19.2 Å². The van der Waals surface area contributed by atoms with E-state index in [0.717, 1.165) is 64.2 Å². The van der Waals surface area contributed by atoms with Crippen molar-refractivity contribution >= 4 is 129 Å². The maximum atomic E-state index is 13.3. The number of rotatable bonds is 89. The number of carboxylic acids is 4. The van der Waals surface area contributed by atoms with Gasteiger partial charge in [0.1, 0.15) is 60.1 Å². The van der Waals surface area contributed by atoms with Gasteiger partial charge in [0.2, 0.25) is 59.1 Å². The summed E-state index contributed by atoms with van der Waals surface area (Å²) in [5.41, 5.74) is 0.313. The second kappa shape index (κ2) is 76.2. The number of unbranched alkanes of at least 4 members (excludes halogenated alkanes) is 14. The number of carboxylic acid groups (broad SMARTS) is 4. The lowest BCUT2D eigenvalue weighted by atomic mass is 9.90. The Hall–Kier alpha value is -12.4. The van der Waals surface area contributed by atoms with E-state index in [0.29, 0.717) is 82.5 Å². The summed E-state index contributed by atoms with van der Waals surface area (Å²) in [6, 6.07) is 2.16. The molecule has 0 aliphatic carbocycles. The van der Waals surface area contributed by atoms with Gasteiger partial charge in [-0.2, -0.15) is 0 Å². The molecule has 12 atom stereocenters. The molecule has 818 valence electrons. The van der Waals surface area contributed by atoms with E-state index in [1.807, 2.05) is 0 Å². The quantitative estimate of drug-likeness (QED) is 0.0328. The number of aliphatic hydroxyl groups excluding tert-OH is 9. The number of amides is 10. The monoisotopic (exact) mass is 2070 g/mol. The van der Waals surface area contributed by atoms with Gasteiger partial charge in [0.05, 0.1) is 120 Å². The number of aliphatic hydroxyl groups is 9. The number of aliphatic carboxylic acids is 2. The Morgan fingerprint density at radius 1 is 0.260 bits per heavy atom. The Morgan fingerprint density at radius 2 is 0.582 bits per heavy atom. The Labute approximate surface area is 845 Å². The fraction of sp³-hybridized carbons (Fsp3) is 0.653. The average molecular weight is 2070 g/mol. The van der Waals surface area contributed by atoms with Gasteiger partial charge in [-0.05, 0) is 133 Å². The van der Waals surface area contributed by atoms with E-state index in [2.05, 4.69) is 58.5 Å². The second-order valence-corrected chi connectivity index (χ2v) is 35.5. The summed E-state index contributed by atoms with van der Waals surface area (Å²) < 4.78 is 11.3. The lowest BCUT2D eigenvalue weighted by Crippen LogP contribution is -2.47. The van der Waals surface area contributed by atoms with Crippen molar-refractivity contribution in [1.82, 2.24) is 58.5 Å². The van der Waals surface area contributed by atoms with Crippen molar-refractivity contribution in [2.75, 3.05) is 106 Å². The van der Waals surface area contributed by atoms with Crippen molar-refractivity contribution < 1.29 is 181 Å². The highest BCUT2D eigenvalue weighted by atomic mass is 16.5. The molecule has 0 aliphatic heterocycles. The SMILES string of the molecule is CN[C@@H](CCCCNC(=O)CCC(=O)[C@H](CO)NC(=O)[C@H](CO)CC(=O)CNC(=O)[C@H](CO)CC(=O)[C@H](CO)NC(=O)CC[C@H](NC(=O)CCCCCCCCCOc1ccc(C(=O)O)cc1)C(=O)O)C(=O)CC[C@@H](CCCCNC(=O)CCC(=O)[C@H](CO)NC(=O)[C@H](CO)CC(=O)CNC(=O)[C@H](CO)CC(=O)[C@H](CO)NC(=O)CC[C@H](NC(=O)CCCCCCCCCOc1ccc(C(=O)O)cc1)C(=O)O)C(=O)CO. The summed E-state index contributed by atoms with van der Waals surface area (Å²) in [5.74, 6) is -24.8. The molecule has 2 rings (SSSR count). The van der Waals surface area contributed by atoms with E-state index >= 15 is 0 Å². The van der Waals surface area contributed by atoms with E-state index < -0.39 is 338 Å². The zero-order valence-electron chi connectivity index (χ0n) is 82.7. The van der Waals surface area contributed by atoms with Crippen LogP contribution in [0.3, 0.4) is 0 Å². The van der Waals surface area contributed by atoms with Crippen LogP contribution in [0.1, 0.15) is 252 Å². The third-order valence-electron chi connectivity index (χ3n) is 24.0.